The quantitative estimate of drug-likeness (QED) is 0.591. The first-order valence-electron chi connectivity index (χ1n) is 6.42. The highest BCUT2D eigenvalue weighted by molar-refractivity contribution is 5.92. The SMILES string of the molecule is C=CCN(CC=C)C(=O)/C=C/c1cc2ccccc2o1. The lowest BCUT2D eigenvalue weighted by atomic mass is 10.2. The summed E-state index contributed by atoms with van der Waals surface area (Å²) in [7, 11) is 0. The lowest BCUT2D eigenvalue weighted by molar-refractivity contribution is -0.125. The molecular weight excluding hydrogens is 250 g/mol. The molecule has 0 aliphatic carbocycles. The molecule has 1 aromatic carbocycles. The normalized spacial score (nSPS) is 10.8. The molecule has 0 bridgehead atoms. The van der Waals surface area contributed by atoms with Gasteiger partial charge in [-0.05, 0) is 18.2 Å². The second-order valence-corrected chi connectivity index (χ2v) is 4.34. The maximum absolute atomic E-state index is 12.0. The van der Waals surface area contributed by atoms with E-state index in [1.807, 2.05) is 30.3 Å². The van der Waals surface area contributed by atoms with Gasteiger partial charge in [0.25, 0.3) is 0 Å². The van der Waals surface area contributed by atoms with Crippen molar-refractivity contribution in [1.29, 1.82) is 0 Å². The molecule has 0 aliphatic heterocycles. The summed E-state index contributed by atoms with van der Waals surface area (Å²) in [5, 5.41) is 1.02. The number of carbonyl (C=O) groups excluding carboxylic acids is 1. The average Bonchev–Trinajstić information content (AvgIpc) is 2.87. The second-order valence-electron chi connectivity index (χ2n) is 4.34. The van der Waals surface area contributed by atoms with Gasteiger partial charge in [0.15, 0.2) is 0 Å². The summed E-state index contributed by atoms with van der Waals surface area (Å²) in [6.45, 7) is 8.27. The van der Waals surface area contributed by atoms with Crippen LogP contribution in [0.15, 0.2) is 66.1 Å². The van der Waals surface area contributed by atoms with E-state index in [1.54, 1.807) is 23.1 Å². The van der Waals surface area contributed by atoms with Crippen LogP contribution in [0.5, 0.6) is 0 Å². The lowest BCUT2D eigenvalue weighted by Crippen LogP contribution is -2.29. The maximum Gasteiger partial charge on any atom is 0.247 e. The number of fused-ring (bicyclic) bond motifs is 1. The third-order valence-electron chi connectivity index (χ3n) is 2.85. The Morgan fingerprint density at radius 3 is 2.55 bits per heavy atom. The van der Waals surface area contributed by atoms with Gasteiger partial charge in [-0.3, -0.25) is 4.79 Å². The molecular formula is C17H17NO2. The first kappa shape index (κ1) is 13.9. The molecule has 0 saturated heterocycles. The molecule has 3 nitrogen and oxygen atoms in total. The zero-order chi connectivity index (χ0) is 14.4. The van der Waals surface area contributed by atoms with Crippen LogP contribution in [0.2, 0.25) is 0 Å². The molecule has 102 valence electrons. The molecule has 1 heterocycles. The fourth-order valence-corrected chi connectivity index (χ4v) is 1.91. The van der Waals surface area contributed by atoms with Crippen molar-refractivity contribution in [2.24, 2.45) is 0 Å². The fourth-order valence-electron chi connectivity index (χ4n) is 1.91. The van der Waals surface area contributed by atoms with E-state index in [1.165, 1.54) is 6.08 Å². The van der Waals surface area contributed by atoms with Crippen LogP contribution >= 0.6 is 0 Å². The topological polar surface area (TPSA) is 33.5 Å². The third kappa shape index (κ3) is 3.26. The zero-order valence-corrected chi connectivity index (χ0v) is 11.3. The van der Waals surface area contributed by atoms with Crippen molar-refractivity contribution in [3.8, 4) is 0 Å². The molecule has 0 N–H and O–H groups in total. The van der Waals surface area contributed by atoms with Crippen LogP contribution in [-0.2, 0) is 4.79 Å². The summed E-state index contributed by atoms with van der Waals surface area (Å²) in [6, 6.07) is 9.65. The van der Waals surface area contributed by atoms with Gasteiger partial charge in [-0.15, -0.1) is 13.2 Å². The summed E-state index contributed by atoms with van der Waals surface area (Å²) < 4.78 is 5.62. The van der Waals surface area contributed by atoms with Crippen LogP contribution in [0.1, 0.15) is 5.76 Å². The Morgan fingerprint density at radius 1 is 1.20 bits per heavy atom. The Kier molecular flexibility index (Phi) is 4.56. The number of benzene rings is 1. The second kappa shape index (κ2) is 6.57. The van der Waals surface area contributed by atoms with Crippen molar-refractivity contribution in [2.45, 2.75) is 0 Å². The molecule has 1 aromatic heterocycles. The van der Waals surface area contributed by atoms with Crippen LogP contribution < -0.4 is 0 Å². The highest BCUT2D eigenvalue weighted by Crippen LogP contribution is 2.19. The van der Waals surface area contributed by atoms with Crippen molar-refractivity contribution < 1.29 is 9.21 Å². The van der Waals surface area contributed by atoms with E-state index in [4.69, 9.17) is 4.42 Å². The zero-order valence-electron chi connectivity index (χ0n) is 11.3. The minimum atomic E-state index is -0.0924. The molecule has 3 heteroatoms. The molecule has 1 amide bonds. The largest absolute Gasteiger partial charge is 0.457 e. The molecule has 2 rings (SSSR count). The van der Waals surface area contributed by atoms with Crippen molar-refractivity contribution in [3.05, 3.63) is 67.5 Å². The van der Waals surface area contributed by atoms with Gasteiger partial charge in [0, 0.05) is 24.6 Å². The van der Waals surface area contributed by atoms with Crippen molar-refractivity contribution >= 4 is 23.0 Å². The molecule has 0 spiro atoms. The summed E-state index contributed by atoms with van der Waals surface area (Å²) in [5.74, 6) is 0.571. The van der Waals surface area contributed by atoms with Crippen LogP contribution in [0.3, 0.4) is 0 Å². The van der Waals surface area contributed by atoms with Gasteiger partial charge in [0.1, 0.15) is 11.3 Å². The molecule has 2 aromatic rings. The molecule has 0 unspecified atom stereocenters. The van der Waals surface area contributed by atoms with Gasteiger partial charge < -0.3 is 9.32 Å². The first-order chi connectivity index (χ1) is 9.74. The number of hydrogen-bond acceptors (Lipinski definition) is 2. The predicted molar refractivity (Wildman–Crippen MR) is 82.2 cm³/mol. The Bertz CT molecular complexity index is 609. The van der Waals surface area contributed by atoms with E-state index >= 15 is 0 Å². The van der Waals surface area contributed by atoms with E-state index in [0.717, 1.165) is 11.0 Å². The maximum atomic E-state index is 12.0. The van der Waals surface area contributed by atoms with Gasteiger partial charge in [0.05, 0.1) is 0 Å². The number of rotatable bonds is 6. The fraction of sp³-hybridized carbons (Fsp3) is 0.118. The molecule has 0 saturated carbocycles. The van der Waals surface area contributed by atoms with Crippen LogP contribution in [0.4, 0.5) is 0 Å². The molecule has 0 radical (unpaired) electrons. The Hall–Kier alpha value is -2.55. The lowest BCUT2D eigenvalue weighted by Gasteiger charge is -2.16. The Labute approximate surface area is 118 Å². The monoisotopic (exact) mass is 267 g/mol. The average molecular weight is 267 g/mol. The van der Waals surface area contributed by atoms with Crippen LogP contribution in [0.25, 0.3) is 17.0 Å². The number of para-hydroxylation sites is 1. The minimum Gasteiger partial charge on any atom is -0.457 e. The first-order valence-corrected chi connectivity index (χ1v) is 6.42. The number of amides is 1. The number of furan rings is 1. The highest BCUT2D eigenvalue weighted by atomic mass is 16.3. The van der Waals surface area contributed by atoms with Crippen molar-refractivity contribution in [1.82, 2.24) is 4.90 Å². The molecule has 20 heavy (non-hydrogen) atoms. The summed E-state index contributed by atoms with van der Waals surface area (Å²) in [5.41, 5.74) is 0.814. The highest BCUT2D eigenvalue weighted by Gasteiger charge is 2.07. The van der Waals surface area contributed by atoms with E-state index in [2.05, 4.69) is 13.2 Å². The predicted octanol–water partition coefficient (Wildman–Crippen LogP) is 3.65. The number of carbonyl (C=O) groups is 1. The van der Waals surface area contributed by atoms with Gasteiger partial charge in [-0.25, -0.2) is 0 Å². The Morgan fingerprint density at radius 2 is 1.90 bits per heavy atom. The summed E-state index contributed by atoms with van der Waals surface area (Å²) in [4.78, 5) is 13.7. The minimum absolute atomic E-state index is 0.0924. The van der Waals surface area contributed by atoms with Crippen molar-refractivity contribution in [2.75, 3.05) is 13.1 Å². The van der Waals surface area contributed by atoms with E-state index in [-0.39, 0.29) is 5.91 Å². The van der Waals surface area contributed by atoms with Gasteiger partial charge >= 0.3 is 0 Å². The number of nitrogens with zero attached hydrogens (tertiary/aromatic N) is 1. The van der Waals surface area contributed by atoms with Crippen LogP contribution in [0, 0.1) is 0 Å². The molecule has 0 aliphatic rings. The van der Waals surface area contributed by atoms with Gasteiger partial charge in [-0.2, -0.15) is 0 Å². The third-order valence-corrected chi connectivity index (χ3v) is 2.85. The van der Waals surface area contributed by atoms with E-state index in [0.29, 0.717) is 18.8 Å². The summed E-state index contributed by atoms with van der Waals surface area (Å²) >= 11 is 0. The Balaban J connectivity index is 2.12. The van der Waals surface area contributed by atoms with Crippen LogP contribution in [-0.4, -0.2) is 23.9 Å². The summed E-state index contributed by atoms with van der Waals surface area (Å²) in [6.07, 6.45) is 6.57. The van der Waals surface area contributed by atoms with Gasteiger partial charge in [-0.1, -0.05) is 30.4 Å². The van der Waals surface area contributed by atoms with Gasteiger partial charge in [0.2, 0.25) is 5.91 Å². The molecule has 0 fully saturated rings. The standard InChI is InChI=1S/C17H17NO2/c1-3-11-18(12-4-2)17(19)10-9-15-13-14-7-5-6-8-16(14)20-15/h3-10,13H,1-2,11-12H2/b10-9+. The molecule has 0 atom stereocenters. The van der Waals surface area contributed by atoms with Crippen molar-refractivity contribution in [3.63, 3.8) is 0 Å². The van der Waals surface area contributed by atoms with E-state index < -0.39 is 0 Å². The smallest absolute Gasteiger partial charge is 0.247 e. The van der Waals surface area contributed by atoms with E-state index in [9.17, 15) is 4.79 Å². The number of hydrogen-bond donors (Lipinski definition) is 0.